The molecule has 0 aliphatic carbocycles. The van der Waals surface area contributed by atoms with E-state index in [2.05, 4.69) is 24.2 Å². The minimum absolute atomic E-state index is 0.328. The van der Waals surface area contributed by atoms with E-state index in [1.165, 1.54) is 19.3 Å². The van der Waals surface area contributed by atoms with Gasteiger partial charge in [0.25, 0.3) is 5.91 Å². The van der Waals surface area contributed by atoms with E-state index in [-0.39, 0.29) is 5.91 Å². The minimum Gasteiger partial charge on any atom is -0.491 e. The van der Waals surface area contributed by atoms with Crippen molar-refractivity contribution in [3.05, 3.63) is 29.8 Å². The smallest absolute Gasteiger partial charge is 0.268 e. The summed E-state index contributed by atoms with van der Waals surface area (Å²) in [6.45, 7) is 5.99. The van der Waals surface area contributed by atoms with Crippen LogP contribution in [0.15, 0.2) is 24.3 Å². The molecule has 0 saturated carbocycles. The predicted octanol–water partition coefficient (Wildman–Crippen LogP) is 1.93. The lowest BCUT2D eigenvalue weighted by Gasteiger charge is -2.38. The van der Waals surface area contributed by atoms with Crippen LogP contribution < -0.4 is 16.0 Å². The van der Waals surface area contributed by atoms with Gasteiger partial charge in [0.15, 0.2) is 0 Å². The topological polar surface area (TPSA) is 67.6 Å². The lowest BCUT2D eigenvalue weighted by atomic mass is 9.98. The van der Waals surface area contributed by atoms with E-state index in [4.69, 9.17) is 10.6 Å². The molecule has 1 saturated heterocycles. The van der Waals surface area contributed by atoms with E-state index in [0.717, 1.165) is 6.54 Å². The van der Waals surface area contributed by atoms with E-state index < -0.39 is 0 Å². The first-order chi connectivity index (χ1) is 10.1. The number of nitrogen functional groups attached to an aromatic ring is 1. The van der Waals surface area contributed by atoms with Crippen molar-refractivity contribution in [1.29, 1.82) is 0 Å². The third-order valence-electron chi connectivity index (χ3n) is 4.25. The fourth-order valence-electron chi connectivity index (χ4n) is 3.03. The van der Waals surface area contributed by atoms with Crippen LogP contribution in [0.25, 0.3) is 0 Å². The molecule has 2 rings (SSSR count). The van der Waals surface area contributed by atoms with Crippen molar-refractivity contribution in [1.82, 2.24) is 10.3 Å². The van der Waals surface area contributed by atoms with Gasteiger partial charge in [0.2, 0.25) is 0 Å². The number of likely N-dealkylation sites (tertiary alicyclic amines) is 1. The van der Waals surface area contributed by atoms with Gasteiger partial charge in [-0.2, -0.15) is 0 Å². The van der Waals surface area contributed by atoms with Gasteiger partial charge in [-0.05, 0) is 38.8 Å². The summed E-state index contributed by atoms with van der Waals surface area (Å²) in [5, 5.41) is 0. The monoisotopic (exact) mass is 291 g/mol. The molecule has 116 valence electrons. The maximum atomic E-state index is 11.7. The van der Waals surface area contributed by atoms with Crippen LogP contribution in [-0.2, 0) is 0 Å². The highest BCUT2D eigenvalue weighted by atomic mass is 16.5. The van der Waals surface area contributed by atoms with Crippen LogP contribution in [0.1, 0.15) is 43.5 Å². The Hall–Kier alpha value is -1.59. The van der Waals surface area contributed by atoms with Gasteiger partial charge in [0.05, 0.1) is 5.56 Å². The molecule has 2 atom stereocenters. The number of piperidine rings is 1. The van der Waals surface area contributed by atoms with Crippen LogP contribution in [-0.4, -0.2) is 36.0 Å². The Kier molecular flexibility index (Phi) is 5.59. The van der Waals surface area contributed by atoms with Crippen molar-refractivity contribution >= 4 is 5.91 Å². The second-order valence-electron chi connectivity index (χ2n) is 5.68. The summed E-state index contributed by atoms with van der Waals surface area (Å²) in [6, 6.07) is 8.36. The summed E-state index contributed by atoms with van der Waals surface area (Å²) >= 11 is 0. The van der Waals surface area contributed by atoms with Crippen LogP contribution in [0.5, 0.6) is 5.75 Å². The number of nitrogens with one attached hydrogen (secondary N) is 1. The Morgan fingerprint density at radius 3 is 2.67 bits per heavy atom. The van der Waals surface area contributed by atoms with Crippen molar-refractivity contribution in [3.8, 4) is 5.75 Å². The number of carbonyl (C=O) groups excluding carboxylic acids is 1. The fraction of sp³-hybridized carbons (Fsp3) is 0.562. The average Bonchev–Trinajstić information content (AvgIpc) is 2.50. The van der Waals surface area contributed by atoms with E-state index in [9.17, 15) is 4.79 Å². The lowest BCUT2D eigenvalue weighted by molar-refractivity contribution is 0.0839. The van der Waals surface area contributed by atoms with Crippen LogP contribution in [0.4, 0.5) is 0 Å². The zero-order valence-corrected chi connectivity index (χ0v) is 12.8. The van der Waals surface area contributed by atoms with Gasteiger partial charge in [-0.15, -0.1) is 0 Å². The number of hydrogen-bond donors (Lipinski definition) is 2. The number of rotatable bonds is 5. The molecule has 1 aliphatic rings. The third kappa shape index (κ3) is 3.95. The highest BCUT2D eigenvalue weighted by molar-refractivity contribution is 5.96. The molecule has 1 amide bonds. The number of carbonyl (C=O) groups is 1. The Balaban J connectivity index is 1.93. The summed E-state index contributed by atoms with van der Waals surface area (Å²) in [5.74, 6) is 5.44. The van der Waals surface area contributed by atoms with E-state index >= 15 is 0 Å². The number of para-hydroxylation sites is 1. The fourth-order valence-corrected chi connectivity index (χ4v) is 3.03. The van der Waals surface area contributed by atoms with Crippen LogP contribution in [0, 0.1) is 0 Å². The number of ether oxygens (including phenoxy) is 1. The third-order valence-corrected chi connectivity index (χ3v) is 4.25. The first-order valence-electron chi connectivity index (χ1n) is 7.62. The quantitative estimate of drug-likeness (QED) is 0.494. The Labute approximate surface area is 126 Å². The number of nitrogens with two attached hydrogens (primary N) is 1. The maximum Gasteiger partial charge on any atom is 0.268 e. The second-order valence-corrected chi connectivity index (χ2v) is 5.68. The van der Waals surface area contributed by atoms with E-state index in [1.807, 2.05) is 6.07 Å². The minimum atomic E-state index is -0.328. The molecular weight excluding hydrogens is 266 g/mol. The van der Waals surface area contributed by atoms with Crippen molar-refractivity contribution in [2.24, 2.45) is 5.84 Å². The molecule has 5 nitrogen and oxygen atoms in total. The lowest BCUT2D eigenvalue weighted by Crippen LogP contribution is -2.45. The molecule has 0 bridgehead atoms. The number of amides is 1. The van der Waals surface area contributed by atoms with Gasteiger partial charge in [-0.3, -0.25) is 15.1 Å². The zero-order valence-electron chi connectivity index (χ0n) is 12.8. The molecule has 0 unspecified atom stereocenters. The molecule has 1 aliphatic heterocycles. The first kappa shape index (κ1) is 15.8. The number of benzene rings is 1. The standard InChI is InChI=1S/C16H25N3O2/c1-12-6-5-7-13(2)19(12)10-11-21-15-9-4-3-8-14(15)16(20)18-17/h3-4,8-9,12-13H,5-7,10-11,17H2,1-2H3,(H,18,20)/t12-,13+. The molecule has 21 heavy (non-hydrogen) atoms. The average molecular weight is 291 g/mol. The SMILES string of the molecule is C[C@@H]1CCC[C@H](C)N1CCOc1ccccc1C(=O)NN. The summed E-state index contributed by atoms with van der Waals surface area (Å²) in [6.07, 6.45) is 3.80. The highest BCUT2D eigenvalue weighted by Gasteiger charge is 2.24. The van der Waals surface area contributed by atoms with E-state index in [0.29, 0.717) is 30.0 Å². The molecular formula is C16H25N3O2. The molecule has 1 heterocycles. The van der Waals surface area contributed by atoms with Crippen molar-refractivity contribution in [2.45, 2.75) is 45.2 Å². The van der Waals surface area contributed by atoms with Gasteiger partial charge in [0.1, 0.15) is 12.4 Å². The summed E-state index contributed by atoms with van der Waals surface area (Å²) in [5.41, 5.74) is 2.62. The van der Waals surface area contributed by atoms with Crippen LogP contribution in [0.2, 0.25) is 0 Å². The summed E-state index contributed by atoms with van der Waals surface area (Å²) in [4.78, 5) is 14.2. The molecule has 1 aromatic carbocycles. The number of nitrogens with zero attached hydrogens (tertiary/aromatic N) is 1. The molecule has 3 N–H and O–H groups in total. The summed E-state index contributed by atoms with van der Waals surface area (Å²) < 4.78 is 5.80. The Morgan fingerprint density at radius 1 is 1.33 bits per heavy atom. The van der Waals surface area contributed by atoms with Crippen LogP contribution in [0.3, 0.4) is 0 Å². The highest BCUT2D eigenvalue weighted by Crippen LogP contribution is 2.22. The van der Waals surface area contributed by atoms with Gasteiger partial charge in [-0.25, -0.2) is 5.84 Å². The van der Waals surface area contributed by atoms with E-state index in [1.54, 1.807) is 18.2 Å². The molecule has 5 heteroatoms. The normalized spacial score (nSPS) is 22.8. The molecule has 1 aromatic rings. The molecule has 1 fully saturated rings. The van der Waals surface area contributed by atoms with Crippen molar-refractivity contribution < 1.29 is 9.53 Å². The Morgan fingerprint density at radius 2 is 2.00 bits per heavy atom. The second kappa shape index (κ2) is 7.43. The summed E-state index contributed by atoms with van der Waals surface area (Å²) in [7, 11) is 0. The molecule has 0 aromatic heterocycles. The van der Waals surface area contributed by atoms with Gasteiger partial charge in [0, 0.05) is 18.6 Å². The van der Waals surface area contributed by atoms with Gasteiger partial charge < -0.3 is 4.74 Å². The first-order valence-corrected chi connectivity index (χ1v) is 7.62. The Bertz CT molecular complexity index is 468. The maximum absolute atomic E-state index is 11.7. The largest absolute Gasteiger partial charge is 0.491 e. The zero-order chi connectivity index (χ0) is 15.2. The van der Waals surface area contributed by atoms with Crippen molar-refractivity contribution in [2.75, 3.05) is 13.2 Å². The number of hydrogen-bond acceptors (Lipinski definition) is 4. The van der Waals surface area contributed by atoms with Crippen LogP contribution >= 0.6 is 0 Å². The molecule has 0 spiro atoms. The predicted molar refractivity (Wildman–Crippen MR) is 83.1 cm³/mol. The molecule has 0 radical (unpaired) electrons. The number of hydrazine groups is 1. The van der Waals surface area contributed by atoms with Gasteiger partial charge >= 0.3 is 0 Å². The van der Waals surface area contributed by atoms with Crippen molar-refractivity contribution in [3.63, 3.8) is 0 Å². The van der Waals surface area contributed by atoms with Gasteiger partial charge in [-0.1, -0.05) is 18.6 Å².